The third-order valence-electron chi connectivity index (χ3n) is 5.12. The molecule has 0 radical (unpaired) electrons. The second kappa shape index (κ2) is 8.27. The van der Waals surface area contributed by atoms with Crippen molar-refractivity contribution in [1.82, 2.24) is 15.5 Å². The summed E-state index contributed by atoms with van der Waals surface area (Å²) in [5.41, 5.74) is -0.448. The zero-order valence-electron chi connectivity index (χ0n) is 14.3. The minimum atomic E-state index is -0.448. The Hall–Kier alpha value is -1.18. The number of carbonyl (C=O) groups is 2. The van der Waals surface area contributed by atoms with Crippen LogP contribution in [-0.4, -0.2) is 74.4 Å². The van der Waals surface area contributed by atoms with Crippen LogP contribution in [0.3, 0.4) is 0 Å². The van der Waals surface area contributed by atoms with Crippen LogP contribution in [0.15, 0.2) is 0 Å². The first kappa shape index (κ1) is 17.6. The molecule has 1 saturated carbocycles. The zero-order valence-corrected chi connectivity index (χ0v) is 14.3. The number of nitrogens with zero attached hydrogens (tertiary/aromatic N) is 1. The quantitative estimate of drug-likeness (QED) is 0.756. The lowest BCUT2D eigenvalue weighted by Crippen LogP contribution is -2.59. The van der Waals surface area contributed by atoms with E-state index in [-0.39, 0.29) is 24.7 Å². The molecule has 0 bridgehead atoms. The predicted molar refractivity (Wildman–Crippen MR) is 88.6 cm³/mol. The average molecular weight is 339 g/mol. The van der Waals surface area contributed by atoms with E-state index >= 15 is 0 Å². The Morgan fingerprint density at radius 3 is 2.88 bits per heavy atom. The number of hydrogen-bond donors (Lipinski definition) is 2. The van der Waals surface area contributed by atoms with Crippen LogP contribution >= 0.6 is 0 Å². The zero-order chi connectivity index (χ0) is 16.8. The monoisotopic (exact) mass is 339 g/mol. The Labute approximate surface area is 143 Å². The Kier molecular flexibility index (Phi) is 6.08. The highest BCUT2D eigenvalue weighted by Crippen LogP contribution is 2.21. The number of rotatable bonds is 4. The van der Waals surface area contributed by atoms with Crippen molar-refractivity contribution in [1.29, 1.82) is 0 Å². The number of morpholine rings is 1. The van der Waals surface area contributed by atoms with Crippen molar-refractivity contribution in [3.05, 3.63) is 0 Å². The highest BCUT2D eigenvalue weighted by Gasteiger charge is 2.39. The molecule has 1 spiro atoms. The molecule has 1 unspecified atom stereocenters. The van der Waals surface area contributed by atoms with Crippen LogP contribution in [-0.2, 0) is 19.1 Å². The highest BCUT2D eigenvalue weighted by molar-refractivity contribution is 5.84. The summed E-state index contributed by atoms with van der Waals surface area (Å²) in [4.78, 5) is 26.3. The van der Waals surface area contributed by atoms with Crippen LogP contribution in [0.4, 0.5) is 0 Å². The van der Waals surface area contributed by atoms with Crippen molar-refractivity contribution in [2.45, 2.75) is 50.2 Å². The van der Waals surface area contributed by atoms with E-state index in [0.717, 1.165) is 19.4 Å². The number of nitrogens with one attached hydrogen (secondary N) is 2. The Bertz CT molecular complexity index is 443. The summed E-state index contributed by atoms with van der Waals surface area (Å²) in [6.45, 7) is 4.31. The maximum atomic E-state index is 12.5. The van der Waals surface area contributed by atoms with E-state index in [2.05, 4.69) is 10.6 Å². The molecule has 2 heterocycles. The fourth-order valence-electron chi connectivity index (χ4n) is 3.77. The molecule has 3 fully saturated rings. The molecule has 2 saturated heterocycles. The fraction of sp³-hybridized carbons (Fsp3) is 0.882. The molecule has 136 valence electrons. The molecular weight excluding hydrogens is 310 g/mol. The van der Waals surface area contributed by atoms with E-state index in [9.17, 15) is 9.59 Å². The Morgan fingerprint density at radius 1 is 1.21 bits per heavy atom. The van der Waals surface area contributed by atoms with Crippen molar-refractivity contribution >= 4 is 11.8 Å². The molecule has 3 rings (SSSR count). The fourth-order valence-corrected chi connectivity index (χ4v) is 3.77. The minimum Gasteiger partial charge on any atom is -0.377 e. The molecule has 2 amide bonds. The van der Waals surface area contributed by atoms with Gasteiger partial charge in [-0.15, -0.1) is 0 Å². The SMILES string of the molecule is O=C(CCC(=O)N1CCOC2(CNCCOC2)C1)NC1CCCC1. The van der Waals surface area contributed by atoms with Gasteiger partial charge in [-0.3, -0.25) is 9.59 Å². The van der Waals surface area contributed by atoms with Gasteiger partial charge >= 0.3 is 0 Å². The smallest absolute Gasteiger partial charge is 0.223 e. The molecule has 0 aromatic heterocycles. The van der Waals surface area contributed by atoms with Crippen LogP contribution < -0.4 is 10.6 Å². The number of ether oxygens (including phenoxy) is 2. The van der Waals surface area contributed by atoms with Gasteiger partial charge in [0.2, 0.25) is 11.8 Å². The highest BCUT2D eigenvalue weighted by atomic mass is 16.5. The van der Waals surface area contributed by atoms with E-state index < -0.39 is 5.60 Å². The summed E-state index contributed by atoms with van der Waals surface area (Å²) in [6, 6.07) is 0.313. The van der Waals surface area contributed by atoms with E-state index in [1.165, 1.54) is 12.8 Å². The van der Waals surface area contributed by atoms with Crippen LogP contribution in [0.5, 0.6) is 0 Å². The van der Waals surface area contributed by atoms with Crippen molar-refractivity contribution < 1.29 is 19.1 Å². The van der Waals surface area contributed by atoms with Gasteiger partial charge in [-0.2, -0.15) is 0 Å². The molecule has 1 aliphatic carbocycles. The summed E-state index contributed by atoms with van der Waals surface area (Å²) in [5, 5.41) is 6.34. The maximum absolute atomic E-state index is 12.5. The van der Waals surface area contributed by atoms with Crippen molar-refractivity contribution in [3.63, 3.8) is 0 Å². The topological polar surface area (TPSA) is 79.9 Å². The molecule has 0 aromatic rings. The molecule has 24 heavy (non-hydrogen) atoms. The second-order valence-electron chi connectivity index (χ2n) is 7.13. The third kappa shape index (κ3) is 4.68. The van der Waals surface area contributed by atoms with E-state index in [1.54, 1.807) is 0 Å². The van der Waals surface area contributed by atoms with Crippen molar-refractivity contribution in [2.75, 3.05) is 46.0 Å². The lowest BCUT2D eigenvalue weighted by molar-refractivity contribution is -0.158. The third-order valence-corrected chi connectivity index (χ3v) is 5.12. The van der Waals surface area contributed by atoms with E-state index in [0.29, 0.717) is 45.5 Å². The van der Waals surface area contributed by atoms with E-state index in [1.807, 2.05) is 4.90 Å². The Balaban J connectivity index is 1.44. The van der Waals surface area contributed by atoms with Crippen molar-refractivity contribution in [2.24, 2.45) is 0 Å². The molecule has 7 heteroatoms. The summed E-state index contributed by atoms with van der Waals surface area (Å²) in [7, 11) is 0. The first-order valence-corrected chi connectivity index (χ1v) is 9.16. The average Bonchev–Trinajstić information content (AvgIpc) is 2.99. The first-order valence-electron chi connectivity index (χ1n) is 9.16. The molecule has 2 aliphatic heterocycles. The van der Waals surface area contributed by atoms with Gasteiger partial charge in [-0.25, -0.2) is 0 Å². The van der Waals surface area contributed by atoms with Gasteiger partial charge < -0.3 is 25.0 Å². The molecular formula is C17H29N3O4. The lowest BCUT2D eigenvalue weighted by Gasteiger charge is -2.41. The van der Waals surface area contributed by atoms with Gasteiger partial charge in [0.25, 0.3) is 0 Å². The van der Waals surface area contributed by atoms with Gasteiger partial charge in [0, 0.05) is 38.5 Å². The summed E-state index contributed by atoms with van der Waals surface area (Å²) < 4.78 is 11.5. The number of carbonyl (C=O) groups excluding carboxylic acids is 2. The van der Waals surface area contributed by atoms with Gasteiger partial charge in [0.05, 0.1) is 26.4 Å². The summed E-state index contributed by atoms with van der Waals surface area (Å²) in [6.07, 6.45) is 5.06. The number of amides is 2. The molecule has 2 N–H and O–H groups in total. The van der Waals surface area contributed by atoms with Crippen LogP contribution in [0.25, 0.3) is 0 Å². The van der Waals surface area contributed by atoms with Gasteiger partial charge in [-0.1, -0.05) is 12.8 Å². The van der Waals surface area contributed by atoms with Gasteiger partial charge in [0.15, 0.2) is 0 Å². The summed E-state index contributed by atoms with van der Waals surface area (Å²) >= 11 is 0. The number of hydrogen-bond acceptors (Lipinski definition) is 5. The normalized spacial score (nSPS) is 28.8. The predicted octanol–water partition coefficient (Wildman–Crippen LogP) is 0.0428. The van der Waals surface area contributed by atoms with Crippen molar-refractivity contribution in [3.8, 4) is 0 Å². The first-order chi connectivity index (χ1) is 11.7. The second-order valence-corrected chi connectivity index (χ2v) is 7.13. The molecule has 1 atom stereocenters. The van der Waals surface area contributed by atoms with Crippen LogP contribution in [0, 0.1) is 0 Å². The van der Waals surface area contributed by atoms with Crippen LogP contribution in [0.1, 0.15) is 38.5 Å². The summed E-state index contributed by atoms with van der Waals surface area (Å²) in [5.74, 6) is 0.0289. The van der Waals surface area contributed by atoms with Gasteiger partial charge in [0.1, 0.15) is 5.60 Å². The lowest BCUT2D eigenvalue weighted by atomic mass is 10.0. The minimum absolute atomic E-state index is 0.00214. The van der Waals surface area contributed by atoms with Crippen LogP contribution in [0.2, 0.25) is 0 Å². The molecule has 0 aromatic carbocycles. The standard InChI is InChI=1S/C17H29N3O4/c21-15(19-14-3-1-2-4-14)5-6-16(22)20-8-10-24-17(12-20)11-18-7-9-23-13-17/h14,18H,1-13H2,(H,19,21). The Morgan fingerprint density at radius 2 is 2.04 bits per heavy atom. The molecule has 7 nitrogen and oxygen atoms in total. The maximum Gasteiger partial charge on any atom is 0.223 e. The molecule has 3 aliphatic rings. The largest absolute Gasteiger partial charge is 0.377 e. The van der Waals surface area contributed by atoms with E-state index in [4.69, 9.17) is 9.47 Å². The van der Waals surface area contributed by atoms with Gasteiger partial charge in [-0.05, 0) is 12.8 Å².